The van der Waals surface area contributed by atoms with Gasteiger partial charge in [-0.15, -0.1) is 0 Å². The topological polar surface area (TPSA) is 72.8 Å². The lowest BCUT2D eigenvalue weighted by Crippen LogP contribution is -2.28. The Morgan fingerprint density at radius 3 is 1.12 bits per heavy atom. The minimum absolute atomic E-state index is 0.0593. The average Bonchev–Trinajstić information content (AvgIpc) is 2.95. The fourth-order valence-electron chi connectivity index (χ4n) is 5.45. The van der Waals surface area contributed by atoms with Gasteiger partial charge < -0.3 is 14.6 Å². The zero-order valence-electron chi connectivity index (χ0n) is 28.6. The van der Waals surface area contributed by atoms with Gasteiger partial charge in [0.25, 0.3) is 0 Å². The van der Waals surface area contributed by atoms with Crippen LogP contribution in [0.2, 0.25) is 0 Å². The lowest BCUT2D eigenvalue weighted by atomic mass is 10.0. The molecule has 0 aromatic heterocycles. The molecule has 0 saturated heterocycles. The van der Waals surface area contributed by atoms with Gasteiger partial charge in [-0.3, -0.25) is 9.59 Å². The molecule has 0 amide bonds. The molecular weight excluding hydrogens is 524 g/mol. The Kier molecular flexibility index (Phi) is 30.5. The number of rotatable bonds is 32. The summed E-state index contributed by atoms with van der Waals surface area (Å²) < 4.78 is 10.6. The minimum atomic E-state index is -0.762. The van der Waals surface area contributed by atoms with Crippen LogP contribution in [0.5, 0.6) is 0 Å². The zero-order chi connectivity index (χ0) is 31.1. The summed E-state index contributed by atoms with van der Waals surface area (Å²) in [6.45, 7) is 8.82. The lowest BCUT2D eigenvalue weighted by Gasteiger charge is -2.15. The van der Waals surface area contributed by atoms with E-state index in [1.54, 1.807) is 0 Å². The maximum absolute atomic E-state index is 12.1. The third kappa shape index (κ3) is 31.8. The highest BCUT2D eigenvalue weighted by Gasteiger charge is 2.16. The van der Waals surface area contributed by atoms with E-state index in [1.165, 1.54) is 122 Å². The van der Waals surface area contributed by atoms with E-state index < -0.39 is 6.10 Å². The number of carbonyl (C=O) groups is 2. The molecule has 0 saturated carbocycles. The third-order valence-corrected chi connectivity index (χ3v) is 8.26. The van der Waals surface area contributed by atoms with E-state index in [-0.39, 0.29) is 25.2 Å². The molecular formula is C37H72O5. The highest BCUT2D eigenvalue weighted by atomic mass is 16.6. The zero-order valence-corrected chi connectivity index (χ0v) is 28.6. The summed E-state index contributed by atoms with van der Waals surface area (Å²) in [5.41, 5.74) is 0. The van der Waals surface area contributed by atoms with Gasteiger partial charge in [0.1, 0.15) is 6.61 Å². The van der Waals surface area contributed by atoms with Gasteiger partial charge in [-0.1, -0.05) is 169 Å². The van der Waals surface area contributed by atoms with Crippen LogP contribution in [-0.2, 0) is 19.1 Å². The lowest BCUT2D eigenvalue weighted by molar-refractivity contribution is -0.161. The highest BCUT2D eigenvalue weighted by molar-refractivity contribution is 5.70. The number of carbonyl (C=O) groups excluding carboxylic acids is 2. The molecule has 0 fully saturated rings. The molecule has 0 unspecified atom stereocenters. The standard InChI is InChI=1S/C37H72O5/c1-33(2)27-23-19-15-11-8-6-5-7-9-13-17-21-25-29-36(39)41-32-35(31-38)42-37(40)30-26-22-18-14-10-12-16-20-24-28-34(3)4/h33-35,38H,5-32H2,1-4H3/t35-/m0/s1. The molecule has 0 radical (unpaired) electrons. The van der Waals surface area contributed by atoms with Crippen molar-refractivity contribution in [3.05, 3.63) is 0 Å². The molecule has 250 valence electrons. The number of esters is 2. The number of aliphatic hydroxyl groups excluding tert-OH is 1. The Labute approximate surface area is 261 Å². The Hall–Kier alpha value is -1.10. The number of hydrogen-bond donors (Lipinski definition) is 1. The maximum Gasteiger partial charge on any atom is 0.306 e. The maximum atomic E-state index is 12.1. The molecule has 0 aliphatic heterocycles. The first kappa shape index (κ1) is 40.9. The van der Waals surface area contributed by atoms with Crippen molar-refractivity contribution in [1.29, 1.82) is 0 Å². The van der Waals surface area contributed by atoms with Gasteiger partial charge in [-0.25, -0.2) is 0 Å². The second-order valence-corrected chi connectivity index (χ2v) is 13.6. The van der Waals surface area contributed by atoms with Crippen molar-refractivity contribution in [2.75, 3.05) is 13.2 Å². The van der Waals surface area contributed by atoms with Crippen molar-refractivity contribution in [2.24, 2.45) is 11.8 Å². The van der Waals surface area contributed by atoms with Crippen LogP contribution in [0.15, 0.2) is 0 Å². The monoisotopic (exact) mass is 597 g/mol. The molecule has 1 N–H and O–H groups in total. The van der Waals surface area contributed by atoms with Crippen LogP contribution in [-0.4, -0.2) is 36.4 Å². The van der Waals surface area contributed by atoms with Gasteiger partial charge in [0.15, 0.2) is 6.10 Å². The second kappa shape index (κ2) is 31.3. The van der Waals surface area contributed by atoms with Crippen LogP contribution in [0.1, 0.15) is 195 Å². The van der Waals surface area contributed by atoms with Crippen molar-refractivity contribution in [3.8, 4) is 0 Å². The van der Waals surface area contributed by atoms with Gasteiger partial charge in [-0.2, -0.15) is 0 Å². The quantitative estimate of drug-likeness (QED) is 0.0617. The molecule has 0 aliphatic rings. The fourth-order valence-corrected chi connectivity index (χ4v) is 5.45. The van der Waals surface area contributed by atoms with E-state index in [0.717, 1.165) is 43.9 Å². The van der Waals surface area contributed by atoms with E-state index in [0.29, 0.717) is 12.8 Å². The minimum Gasteiger partial charge on any atom is -0.462 e. The van der Waals surface area contributed by atoms with Gasteiger partial charge in [0, 0.05) is 12.8 Å². The van der Waals surface area contributed by atoms with E-state index in [9.17, 15) is 14.7 Å². The third-order valence-electron chi connectivity index (χ3n) is 8.26. The Morgan fingerprint density at radius 1 is 0.476 bits per heavy atom. The molecule has 0 rings (SSSR count). The predicted octanol–water partition coefficient (Wildman–Crippen LogP) is 10.9. The van der Waals surface area contributed by atoms with Gasteiger partial charge in [0.2, 0.25) is 0 Å². The van der Waals surface area contributed by atoms with Crippen molar-refractivity contribution < 1.29 is 24.2 Å². The summed E-state index contributed by atoms with van der Waals surface area (Å²) in [4.78, 5) is 24.2. The van der Waals surface area contributed by atoms with Gasteiger partial charge in [-0.05, 0) is 24.7 Å². The number of ether oxygens (including phenoxy) is 2. The number of aliphatic hydroxyl groups is 1. The summed E-state index contributed by atoms with van der Waals surface area (Å²) in [6.07, 6.45) is 30.2. The van der Waals surface area contributed by atoms with Crippen molar-refractivity contribution in [2.45, 2.75) is 201 Å². The normalized spacial score (nSPS) is 12.3. The predicted molar refractivity (Wildman–Crippen MR) is 178 cm³/mol. The SMILES string of the molecule is CC(C)CCCCCCCCCCCCCCCC(=O)OC[C@H](CO)OC(=O)CCCCCCCCCCCC(C)C. The number of unbranched alkanes of at least 4 members (excludes halogenated alkanes) is 20. The average molecular weight is 597 g/mol. The van der Waals surface area contributed by atoms with Crippen LogP contribution in [0.4, 0.5) is 0 Å². The molecule has 5 nitrogen and oxygen atoms in total. The molecule has 0 aromatic rings. The van der Waals surface area contributed by atoms with Crippen LogP contribution >= 0.6 is 0 Å². The highest BCUT2D eigenvalue weighted by Crippen LogP contribution is 2.16. The van der Waals surface area contributed by atoms with Gasteiger partial charge >= 0.3 is 11.9 Å². The molecule has 1 atom stereocenters. The van der Waals surface area contributed by atoms with E-state index in [4.69, 9.17) is 9.47 Å². The summed E-state index contributed by atoms with van der Waals surface area (Å²) in [6, 6.07) is 0. The first-order chi connectivity index (χ1) is 20.3. The molecule has 0 aromatic carbocycles. The van der Waals surface area contributed by atoms with E-state index in [2.05, 4.69) is 27.7 Å². The van der Waals surface area contributed by atoms with E-state index in [1.807, 2.05) is 0 Å². The fraction of sp³-hybridized carbons (Fsp3) is 0.946. The molecule has 0 bridgehead atoms. The molecule has 0 aliphatic carbocycles. The largest absolute Gasteiger partial charge is 0.462 e. The second-order valence-electron chi connectivity index (χ2n) is 13.6. The molecule has 0 spiro atoms. The Balaban J connectivity index is 3.52. The first-order valence-corrected chi connectivity index (χ1v) is 18.3. The van der Waals surface area contributed by atoms with Crippen LogP contribution in [0, 0.1) is 11.8 Å². The van der Waals surface area contributed by atoms with E-state index >= 15 is 0 Å². The summed E-state index contributed by atoms with van der Waals surface area (Å²) in [5, 5.41) is 9.52. The van der Waals surface area contributed by atoms with Crippen molar-refractivity contribution in [1.82, 2.24) is 0 Å². The summed E-state index contributed by atoms with van der Waals surface area (Å²) in [7, 11) is 0. The number of hydrogen-bond acceptors (Lipinski definition) is 5. The molecule has 0 heterocycles. The first-order valence-electron chi connectivity index (χ1n) is 18.3. The van der Waals surface area contributed by atoms with Crippen LogP contribution in [0.25, 0.3) is 0 Å². The molecule has 42 heavy (non-hydrogen) atoms. The summed E-state index contributed by atoms with van der Waals surface area (Å²) in [5.74, 6) is 1.08. The Morgan fingerprint density at radius 2 is 0.786 bits per heavy atom. The van der Waals surface area contributed by atoms with Crippen LogP contribution in [0.3, 0.4) is 0 Å². The summed E-state index contributed by atoms with van der Waals surface area (Å²) >= 11 is 0. The Bertz CT molecular complexity index is 589. The van der Waals surface area contributed by atoms with Crippen LogP contribution < -0.4 is 0 Å². The smallest absolute Gasteiger partial charge is 0.306 e. The molecule has 5 heteroatoms. The van der Waals surface area contributed by atoms with Crippen molar-refractivity contribution in [3.63, 3.8) is 0 Å². The van der Waals surface area contributed by atoms with Crippen molar-refractivity contribution >= 4 is 11.9 Å². The van der Waals surface area contributed by atoms with Gasteiger partial charge in [0.05, 0.1) is 6.61 Å².